The molecule has 0 saturated heterocycles. The molecule has 1 rings (SSSR count). The number of hydrogen-bond donors (Lipinski definition) is 2. The fourth-order valence-electron chi connectivity index (χ4n) is 1.63. The minimum atomic E-state index is -0.338. The van der Waals surface area contributed by atoms with Crippen LogP contribution in [0.3, 0.4) is 0 Å². The number of aliphatic hydroxyl groups excluding tert-OH is 1. The number of thiophene rings is 1. The molecule has 0 aliphatic heterocycles. The van der Waals surface area contributed by atoms with Crippen LogP contribution in [0, 0.1) is 0 Å². The zero-order chi connectivity index (χ0) is 12.5. The summed E-state index contributed by atoms with van der Waals surface area (Å²) in [4.78, 5) is 2.13. The molecule has 0 radical (unpaired) electrons. The van der Waals surface area contributed by atoms with E-state index in [9.17, 15) is 5.11 Å². The van der Waals surface area contributed by atoms with Crippen LogP contribution in [0.25, 0.3) is 0 Å². The lowest BCUT2D eigenvalue weighted by molar-refractivity contribution is 0.117. The van der Waals surface area contributed by atoms with Crippen LogP contribution in [-0.2, 0) is 11.3 Å². The molecule has 2 N–H and O–H groups in total. The molecule has 5 heteroatoms. The summed E-state index contributed by atoms with van der Waals surface area (Å²) in [6.07, 6.45) is -0.338. The van der Waals surface area contributed by atoms with Crippen molar-refractivity contribution < 1.29 is 9.84 Å². The van der Waals surface area contributed by atoms with Gasteiger partial charge in [0.05, 0.1) is 12.7 Å². The van der Waals surface area contributed by atoms with Crippen LogP contribution in [0.15, 0.2) is 16.8 Å². The summed E-state index contributed by atoms with van der Waals surface area (Å²) in [5.41, 5.74) is 1.30. The highest BCUT2D eigenvalue weighted by Gasteiger charge is 2.08. The highest BCUT2D eigenvalue weighted by atomic mass is 32.1. The number of rotatable bonds is 9. The number of likely N-dealkylation sites (N-methyl/N-ethyl adjacent to an activating group) is 1. The molecular formula is C12H22N2O2S. The molecule has 0 amide bonds. The van der Waals surface area contributed by atoms with Crippen LogP contribution in [0.4, 0.5) is 0 Å². The van der Waals surface area contributed by atoms with Crippen molar-refractivity contribution in [2.24, 2.45) is 0 Å². The average Bonchev–Trinajstić information content (AvgIpc) is 2.77. The van der Waals surface area contributed by atoms with Crippen molar-refractivity contribution in [3.8, 4) is 0 Å². The zero-order valence-electron chi connectivity index (χ0n) is 10.6. The molecule has 0 spiro atoms. The average molecular weight is 258 g/mol. The molecule has 4 nitrogen and oxygen atoms in total. The van der Waals surface area contributed by atoms with Crippen molar-refractivity contribution in [3.05, 3.63) is 22.4 Å². The van der Waals surface area contributed by atoms with Gasteiger partial charge in [0.15, 0.2) is 0 Å². The summed E-state index contributed by atoms with van der Waals surface area (Å²) in [6.45, 7) is 3.63. The van der Waals surface area contributed by atoms with Crippen LogP contribution in [-0.4, -0.2) is 56.5 Å². The van der Waals surface area contributed by atoms with Gasteiger partial charge in [-0.25, -0.2) is 0 Å². The molecule has 98 valence electrons. The molecule has 0 saturated carbocycles. The van der Waals surface area contributed by atoms with E-state index in [1.165, 1.54) is 5.56 Å². The molecule has 0 aliphatic carbocycles. The van der Waals surface area contributed by atoms with Crippen molar-refractivity contribution >= 4 is 11.3 Å². The Morgan fingerprint density at radius 1 is 1.59 bits per heavy atom. The molecule has 0 bridgehead atoms. The van der Waals surface area contributed by atoms with Crippen LogP contribution >= 0.6 is 11.3 Å². The monoisotopic (exact) mass is 258 g/mol. The fourth-order valence-corrected chi connectivity index (χ4v) is 2.29. The van der Waals surface area contributed by atoms with Crippen molar-refractivity contribution in [1.82, 2.24) is 10.2 Å². The van der Waals surface area contributed by atoms with Crippen molar-refractivity contribution in [3.63, 3.8) is 0 Å². The molecule has 0 aliphatic rings. The molecule has 1 unspecified atom stereocenters. The van der Waals surface area contributed by atoms with E-state index in [1.807, 2.05) is 7.05 Å². The van der Waals surface area contributed by atoms with E-state index in [-0.39, 0.29) is 6.10 Å². The molecule has 1 aromatic rings. The molecule has 0 aromatic carbocycles. The molecule has 1 aromatic heterocycles. The van der Waals surface area contributed by atoms with Gasteiger partial charge in [0.25, 0.3) is 0 Å². The van der Waals surface area contributed by atoms with E-state index in [0.29, 0.717) is 19.7 Å². The van der Waals surface area contributed by atoms with Gasteiger partial charge in [0.1, 0.15) is 0 Å². The molecular weight excluding hydrogens is 236 g/mol. The molecule has 1 atom stereocenters. The Bertz CT molecular complexity index is 280. The smallest absolute Gasteiger partial charge is 0.0791 e. The SMILES string of the molecule is COCCNCC(O)CN(C)Cc1ccsc1. The predicted molar refractivity (Wildman–Crippen MR) is 71.4 cm³/mol. The van der Waals surface area contributed by atoms with Crippen molar-refractivity contribution in [2.75, 3.05) is 40.4 Å². The summed E-state index contributed by atoms with van der Waals surface area (Å²) in [5, 5.41) is 17.2. The van der Waals surface area contributed by atoms with Gasteiger partial charge < -0.3 is 15.2 Å². The summed E-state index contributed by atoms with van der Waals surface area (Å²) in [5.74, 6) is 0. The molecule has 17 heavy (non-hydrogen) atoms. The number of nitrogens with one attached hydrogen (secondary N) is 1. The quantitative estimate of drug-likeness (QED) is 0.643. The van der Waals surface area contributed by atoms with E-state index >= 15 is 0 Å². The number of methoxy groups -OCH3 is 1. The summed E-state index contributed by atoms with van der Waals surface area (Å²) < 4.78 is 4.92. The van der Waals surface area contributed by atoms with Crippen molar-refractivity contribution in [1.29, 1.82) is 0 Å². The van der Waals surface area contributed by atoms with Crippen LogP contribution in [0.2, 0.25) is 0 Å². The Hall–Kier alpha value is -0.460. The zero-order valence-corrected chi connectivity index (χ0v) is 11.4. The number of nitrogens with zero attached hydrogens (tertiary/aromatic N) is 1. The standard InChI is InChI=1S/C12H22N2O2S/c1-14(8-11-3-6-17-10-11)9-12(15)7-13-4-5-16-2/h3,6,10,12-13,15H,4-5,7-9H2,1-2H3. The highest BCUT2D eigenvalue weighted by Crippen LogP contribution is 2.08. The first-order chi connectivity index (χ1) is 8.22. The Labute approximate surface area is 107 Å². The van der Waals surface area contributed by atoms with Crippen LogP contribution in [0.5, 0.6) is 0 Å². The third-order valence-electron chi connectivity index (χ3n) is 2.42. The lowest BCUT2D eigenvalue weighted by Crippen LogP contribution is -2.37. The van der Waals surface area contributed by atoms with E-state index in [1.54, 1.807) is 18.4 Å². The van der Waals surface area contributed by atoms with Gasteiger partial charge in [-0.05, 0) is 29.4 Å². The fraction of sp³-hybridized carbons (Fsp3) is 0.667. The maximum absolute atomic E-state index is 9.81. The van der Waals surface area contributed by atoms with Gasteiger partial charge in [0, 0.05) is 33.3 Å². The first-order valence-corrected chi connectivity index (χ1v) is 6.74. The predicted octanol–water partition coefficient (Wildman–Crippen LogP) is 0.777. The van der Waals surface area contributed by atoms with Gasteiger partial charge >= 0.3 is 0 Å². The number of ether oxygens (including phenoxy) is 1. The van der Waals surface area contributed by atoms with Gasteiger partial charge in [-0.2, -0.15) is 11.3 Å². The van der Waals surface area contributed by atoms with Gasteiger partial charge in [-0.3, -0.25) is 4.90 Å². The Morgan fingerprint density at radius 2 is 2.41 bits per heavy atom. The largest absolute Gasteiger partial charge is 0.390 e. The van der Waals surface area contributed by atoms with Gasteiger partial charge in [0.2, 0.25) is 0 Å². The van der Waals surface area contributed by atoms with Crippen LogP contribution < -0.4 is 5.32 Å². The summed E-state index contributed by atoms with van der Waals surface area (Å²) in [6, 6.07) is 2.12. The summed E-state index contributed by atoms with van der Waals surface area (Å²) in [7, 11) is 3.70. The van der Waals surface area contributed by atoms with E-state index < -0.39 is 0 Å². The third kappa shape index (κ3) is 6.75. The van der Waals surface area contributed by atoms with Gasteiger partial charge in [-0.1, -0.05) is 0 Å². The number of hydrogen-bond acceptors (Lipinski definition) is 5. The third-order valence-corrected chi connectivity index (χ3v) is 3.15. The Kier molecular flexibility index (Phi) is 7.39. The summed E-state index contributed by atoms with van der Waals surface area (Å²) >= 11 is 1.70. The minimum Gasteiger partial charge on any atom is -0.390 e. The second kappa shape index (κ2) is 8.60. The number of aliphatic hydroxyl groups is 1. The second-order valence-electron chi connectivity index (χ2n) is 4.18. The second-order valence-corrected chi connectivity index (χ2v) is 4.96. The van der Waals surface area contributed by atoms with Crippen LogP contribution in [0.1, 0.15) is 5.56 Å². The maximum atomic E-state index is 9.81. The first kappa shape index (κ1) is 14.6. The topological polar surface area (TPSA) is 44.7 Å². The van der Waals surface area contributed by atoms with E-state index in [2.05, 4.69) is 27.0 Å². The van der Waals surface area contributed by atoms with E-state index in [4.69, 9.17) is 4.74 Å². The minimum absolute atomic E-state index is 0.338. The maximum Gasteiger partial charge on any atom is 0.0791 e. The molecule has 0 fully saturated rings. The lowest BCUT2D eigenvalue weighted by Gasteiger charge is -2.20. The normalized spacial score (nSPS) is 13.2. The Balaban J connectivity index is 2.10. The van der Waals surface area contributed by atoms with E-state index in [0.717, 1.165) is 13.1 Å². The lowest BCUT2D eigenvalue weighted by atomic mass is 10.3. The Morgan fingerprint density at radius 3 is 3.06 bits per heavy atom. The van der Waals surface area contributed by atoms with Gasteiger partial charge in [-0.15, -0.1) is 0 Å². The first-order valence-electron chi connectivity index (χ1n) is 5.79. The molecule has 1 heterocycles. The highest BCUT2D eigenvalue weighted by molar-refractivity contribution is 7.07. The van der Waals surface area contributed by atoms with Crippen molar-refractivity contribution in [2.45, 2.75) is 12.6 Å².